The van der Waals surface area contributed by atoms with Crippen LogP contribution in [0.1, 0.15) is 49.8 Å². The number of piperidine rings is 1. The van der Waals surface area contributed by atoms with E-state index in [0.717, 1.165) is 32.5 Å². The van der Waals surface area contributed by atoms with Gasteiger partial charge in [0, 0.05) is 25.9 Å². The Morgan fingerprint density at radius 2 is 1.78 bits per heavy atom. The second-order valence-corrected chi connectivity index (χ2v) is 10.4. The molecule has 0 atom stereocenters. The van der Waals surface area contributed by atoms with E-state index in [-0.39, 0.29) is 0 Å². The lowest BCUT2D eigenvalue weighted by Gasteiger charge is -2.31. The lowest BCUT2D eigenvalue weighted by Crippen LogP contribution is -2.41. The molecule has 0 aromatic heterocycles. The number of nitrogens with one attached hydrogen (secondary N) is 1. The number of sulfonamides is 1. The molecule has 6 heteroatoms. The minimum Gasteiger partial charge on any atom is -0.302 e. The highest BCUT2D eigenvalue weighted by atomic mass is 32.2. The molecule has 27 heavy (non-hydrogen) atoms. The lowest BCUT2D eigenvalue weighted by molar-refractivity contribution is -0.119. The quantitative estimate of drug-likeness (QED) is 0.699. The van der Waals surface area contributed by atoms with Crippen LogP contribution in [-0.4, -0.2) is 50.5 Å². The van der Waals surface area contributed by atoms with Crippen molar-refractivity contribution in [1.29, 1.82) is 0 Å². The van der Waals surface area contributed by atoms with Crippen LogP contribution in [-0.2, 0) is 21.2 Å². The van der Waals surface area contributed by atoms with Gasteiger partial charge in [0.1, 0.15) is 5.78 Å². The van der Waals surface area contributed by atoms with Gasteiger partial charge in [-0.05, 0) is 76.2 Å². The van der Waals surface area contributed by atoms with Crippen molar-refractivity contribution in [1.82, 2.24) is 9.62 Å². The summed E-state index contributed by atoms with van der Waals surface area (Å²) in [4.78, 5) is 14.8. The molecule has 0 unspecified atom stereocenters. The molecule has 0 amide bonds. The van der Waals surface area contributed by atoms with Crippen LogP contribution in [0.15, 0.2) is 18.2 Å². The van der Waals surface area contributed by atoms with E-state index < -0.39 is 15.3 Å². The number of aryl methyl sites for hydroxylation is 2. The van der Waals surface area contributed by atoms with Gasteiger partial charge in [-0.3, -0.25) is 4.79 Å². The van der Waals surface area contributed by atoms with Gasteiger partial charge in [0.15, 0.2) is 0 Å². The first-order chi connectivity index (χ1) is 12.7. The van der Waals surface area contributed by atoms with E-state index in [4.69, 9.17) is 0 Å². The molecule has 1 aliphatic rings. The zero-order valence-corrected chi connectivity index (χ0v) is 17.9. The van der Waals surface area contributed by atoms with Crippen LogP contribution in [0.25, 0.3) is 0 Å². The second-order valence-electron chi connectivity index (χ2n) is 8.06. The minimum atomic E-state index is -3.18. The van der Waals surface area contributed by atoms with Crippen molar-refractivity contribution in [3.05, 3.63) is 34.9 Å². The van der Waals surface area contributed by atoms with Gasteiger partial charge in [0.25, 0.3) is 0 Å². The van der Waals surface area contributed by atoms with Gasteiger partial charge in [0.2, 0.25) is 10.0 Å². The zero-order chi connectivity index (χ0) is 20.0. The Morgan fingerprint density at radius 3 is 2.33 bits per heavy atom. The number of ketones is 1. The number of hydrogen-bond acceptors (Lipinski definition) is 4. The van der Waals surface area contributed by atoms with Gasteiger partial charge < -0.3 is 4.90 Å². The standard InChI is InChI=1S/C21H34N2O3S/c1-16(2)27(25,26)22-10-13-23-11-8-19(9-12-23)14-20(24)15-21-17(3)6-5-7-18(21)4/h5-7,16,19,22H,8-15H2,1-4H3. The molecule has 0 saturated carbocycles. The molecular weight excluding hydrogens is 360 g/mol. The fraction of sp³-hybridized carbons (Fsp3) is 0.667. The van der Waals surface area contributed by atoms with Gasteiger partial charge in [-0.25, -0.2) is 13.1 Å². The normalized spacial score (nSPS) is 16.8. The zero-order valence-electron chi connectivity index (χ0n) is 17.1. The summed E-state index contributed by atoms with van der Waals surface area (Å²) >= 11 is 0. The average molecular weight is 395 g/mol. The Bertz CT molecular complexity index is 716. The summed E-state index contributed by atoms with van der Waals surface area (Å²) in [6, 6.07) is 6.18. The van der Waals surface area contributed by atoms with Crippen molar-refractivity contribution in [2.45, 2.75) is 58.6 Å². The third-order valence-corrected chi connectivity index (χ3v) is 7.44. The Labute approximate surface area is 164 Å². The highest BCUT2D eigenvalue weighted by Gasteiger charge is 2.22. The van der Waals surface area contributed by atoms with Crippen molar-refractivity contribution >= 4 is 15.8 Å². The van der Waals surface area contributed by atoms with Crippen molar-refractivity contribution < 1.29 is 13.2 Å². The van der Waals surface area contributed by atoms with Gasteiger partial charge >= 0.3 is 0 Å². The number of rotatable bonds is 9. The van der Waals surface area contributed by atoms with Crippen LogP contribution >= 0.6 is 0 Å². The van der Waals surface area contributed by atoms with Gasteiger partial charge in [-0.1, -0.05) is 18.2 Å². The molecule has 2 rings (SSSR count). The van der Waals surface area contributed by atoms with E-state index in [1.165, 1.54) is 16.7 Å². The van der Waals surface area contributed by atoms with Crippen LogP contribution in [0.4, 0.5) is 0 Å². The van der Waals surface area contributed by atoms with Crippen LogP contribution in [0.5, 0.6) is 0 Å². The molecule has 152 valence electrons. The molecule has 1 fully saturated rings. The summed E-state index contributed by atoms with van der Waals surface area (Å²) in [5, 5.41) is -0.397. The van der Waals surface area contributed by atoms with E-state index in [1.54, 1.807) is 13.8 Å². The molecule has 1 N–H and O–H groups in total. The minimum absolute atomic E-state index is 0.329. The maximum atomic E-state index is 12.5. The Morgan fingerprint density at radius 1 is 1.19 bits per heavy atom. The number of benzene rings is 1. The molecule has 0 radical (unpaired) electrons. The fourth-order valence-electron chi connectivity index (χ4n) is 3.65. The first-order valence-electron chi connectivity index (χ1n) is 9.96. The predicted molar refractivity (Wildman–Crippen MR) is 110 cm³/mol. The Balaban J connectivity index is 1.72. The van der Waals surface area contributed by atoms with Gasteiger partial charge in [-0.2, -0.15) is 0 Å². The monoisotopic (exact) mass is 394 g/mol. The number of hydrogen-bond donors (Lipinski definition) is 1. The summed E-state index contributed by atoms with van der Waals surface area (Å²) in [6.45, 7) is 10.6. The van der Waals surface area contributed by atoms with Crippen molar-refractivity contribution in [2.24, 2.45) is 5.92 Å². The third kappa shape index (κ3) is 6.70. The van der Waals surface area contributed by atoms with Gasteiger partial charge in [0.05, 0.1) is 5.25 Å². The topological polar surface area (TPSA) is 66.5 Å². The summed E-state index contributed by atoms with van der Waals surface area (Å²) in [7, 11) is -3.18. The van der Waals surface area contributed by atoms with Gasteiger partial charge in [-0.15, -0.1) is 0 Å². The highest BCUT2D eigenvalue weighted by Crippen LogP contribution is 2.22. The van der Waals surface area contributed by atoms with E-state index in [1.807, 2.05) is 6.07 Å². The van der Waals surface area contributed by atoms with E-state index >= 15 is 0 Å². The maximum Gasteiger partial charge on any atom is 0.213 e. The molecule has 5 nitrogen and oxygen atoms in total. The Kier molecular flexibility index (Phi) is 8.01. The molecule has 0 spiro atoms. The summed E-state index contributed by atoms with van der Waals surface area (Å²) in [5.41, 5.74) is 3.57. The van der Waals surface area contributed by atoms with Crippen LogP contribution in [0.2, 0.25) is 0 Å². The van der Waals surface area contributed by atoms with E-state index in [0.29, 0.717) is 31.1 Å². The molecule has 1 aromatic carbocycles. The fourth-order valence-corrected chi connectivity index (χ4v) is 4.36. The largest absolute Gasteiger partial charge is 0.302 e. The Hall–Kier alpha value is -1.24. The van der Waals surface area contributed by atoms with Crippen molar-refractivity contribution in [3.8, 4) is 0 Å². The third-order valence-electron chi connectivity index (χ3n) is 5.59. The number of Topliss-reactive ketones (excluding diaryl/α,β-unsaturated/α-hetero) is 1. The summed E-state index contributed by atoms with van der Waals surface area (Å²) in [5.74, 6) is 0.779. The first-order valence-corrected chi connectivity index (χ1v) is 11.5. The number of likely N-dealkylation sites (tertiary alicyclic amines) is 1. The predicted octanol–water partition coefficient (Wildman–Crippen LogP) is 2.84. The van der Waals surface area contributed by atoms with Crippen LogP contribution in [0.3, 0.4) is 0 Å². The lowest BCUT2D eigenvalue weighted by atomic mass is 9.88. The first kappa shape index (κ1) is 22.1. The second kappa shape index (κ2) is 9.80. The smallest absolute Gasteiger partial charge is 0.213 e. The number of carbonyl (C=O) groups is 1. The van der Waals surface area contributed by atoms with Crippen LogP contribution < -0.4 is 4.72 Å². The van der Waals surface area contributed by atoms with Crippen molar-refractivity contribution in [3.63, 3.8) is 0 Å². The summed E-state index contributed by atoms with van der Waals surface area (Å²) in [6.07, 6.45) is 3.21. The maximum absolute atomic E-state index is 12.5. The van der Waals surface area contributed by atoms with Crippen LogP contribution in [0, 0.1) is 19.8 Å². The number of carbonyl (C=O) groups excluding carboxylic acids is 1. The molecule has 1 aromatic rings. The molecular formula is C21H34N2O3S. The van der Waals surface area contributed by atoms with E-state index in [2.05, 4.69) is 35.6 Å². The molecule has 1 saturated heterocycles. The van der Waals surface area contributed by atoms with Crippen molar-refractivity contribution in [2.75, 3.05) is 26.2 Å². The molecule has 0 aliphatic carbocycles. The molecule has 0 bridgehead atoms. The number of nitrogens with zero attached hydrogens (tertiary/aromatic N) is 1. The average Bonchev–Trinajstić information content (AvgIpc) is 2.59. The molecule has 1 aliphatic heterocycles. The highest BCUT2D eigenvalue weighted by molar-refractivity contribution is 7.90. The van der Waals surface area contributed by atoms with E-state index in [9.17, 15) is 13.2 Å². The SMILES string of the molecule is Cc1cccc(C)c1CC(=O)CC1CCN(CCNS(=O)(=O)C(C)C)CC1. The molecule has 1 heterocycles. The summed E-state index contributed by atoms with van der Waals surface area (Å²) < 4.78 is 26.2.